The first kappa shape index (κ1) is 12.1. The van der Waals surface area contributed by atoms with Crippen molar-refractivity contribution in [1.82, 2.24) is 4.90 Å². The monoisotopic (exact) mass is 248 g/mol. The molecule has 4 amide bonds. The van der Waals surface area contributed by atoms with Gasteiger partial charge in [0.15, 0.2) is 0 Å². The first-order chi connectivity index (χ1) is 8.60. The van der Waals surface area contributed by atoms with E-state index in [1.165, 1.54) is 7.11 Å². The number of benzene rings is 1. The van der Waals surface area contributed by atoms with E-state index in [9.17, 15) is 14.4 Å². The van der Waals surface area contributed by atoms with E-state index in [0.717, 1.165) is 9.80 Å². The SMILES string of the molecule is CCN1C(=O)C(=O)N(c2ccc(OC)cc2)C1=O. The van der Waals surface area contributed by atoms with Crippen molar-refractivity contribution in [3.8, 4) is 5.75 Å². The zero-order chi connectivity index (χ0) is 13.3. The lowest BCUT2D eigenvalue weighted by Gasteiger charge is -2.14. The number of ether oxygens (including phenoxy) is 1. The average molecular weight is 248 g/mol. The van der Waals surface area contributed by atoms with Crippen LogP contribution in [0.2, 0.25) is 0 Å². The van der Waals surface area contributed by atoms with Gasteiger partial charge in [-0.3, -0.25) is 14.5 Å². The van der Waals surface area contributed by atoms with Gasteiger partial charge in [-0.05, 0) is 31.2 Å². The van der Waals surface area contributed by atoms with Crippen LogP contribution < -0.4 is 9.64 Å². The first-order valence-electron chi connectivity index (χ1n) is 5.44. The highest BCUT2D eigenvalue weighted by Crippen LogP contribution is 2.24. The fourth-order valence-corrected chi connectivity index (χ4v) is 1.74. The molecule has 94 valence electrons. The lowest BCUT2D eigenvalue weighted by Crippen LogP contribution is -2.33. The Kier molecular flexibility index (Phi) is 3.01. The van der Waals surface area contributed by atoms with Gasteiger partial charge in [-0.2, -0.15) is 0 Å². The molecule has 0 aromatic heterocycles. The zero-order valence-corrected chi connectivity index (χ0v) is 10.0. The molecule has 0 aliphatic carbocycles. The Bertz CT molecular complexity index is 509. The molecular weight excluding hydrogens is 236 g/mol. The van der Waals surface area contributed by atoms with Crippen molar-refractivity contribution < 1.29 is 19.1 Å². The van der Waals surface area contributed by atoms with E-state index in [0.29, 0.717) is 11.4 Å². The summed E-state index contributed by atoms with van der Waals surface area (Å²) in [6.45, 7) is 1.82. The van der Waals surface area contributed by atoms with Crippen molar-refractivity contribution in [2.24, 2.45) is 0 Å². The van der Waals surface area contributed by atoms with Crippen molar-refractivity contribution in [1.29, 1.82) is 0 Å². The van der Waals surface area contributed by atoms with E-state index in [1.54, 1.807) is 31.2 Å². The van der Waals surface area contributed by atoms with Crippen molar-refractivity contribution >= 4 is 23.5 Å². The van der Waals surface area contributed by atoms with Crippen molar-refractivity contribution in [2.75, 3.05) is 18.6 Å². The third-order valence-corrected chi connectivity index (χ3v) is 2.70. The molecular formula is C12H12N2O4. The molecule has 0 radical (unpaired) electrons. The van der Waals surface area contributed by atoms with E-state index < -0.39 is 17.8 Å². The highest BCUT2D eigenvalue weighted by Gasteiger charge is 2.44. The van der Waals surface area contributed by atoms with E-state index in [4.69, 9.17) is 4.74 Å². The maximum absolute atomic E-state index is 11.9. The molecule has 6 heteroatoms. The number of anilines is 1. The maximum atomic E-state index is 11.9. The summed E-state index contributed by atoms with van der Waals surface area (Å²) in [6, 6.07) is 5.74. The summed E-state index contributed by atoms with van der Waals surface area (Å²) >= 11 is 0. The average Bonchev–Trinajstić information content (AvgIpc) is 2.60. The largest absolute Gasteiger partial charge is 0.497 e. The van der Waals surface area contributed by atoms with Crippen LogP contribution in [0, 0.1) is 0 Å². The summed E-state index contributed by atoms with van der Waals surface area (Å²) in [6.07, 6.45) is 0. The molecule has 6 nitrogen and oxygen atoms in total. The predicted octanol–water partition coefficient (Wildman–Crippen LogP) is 1.01. The highest BCUT2D eigenvalue weighted by molar-refractivity contribution is 6.52. The molecule has 18 heavy (non-hydrogen) atoms. The molecule has 2 rings (SSSR count). The summed E-state index contributed by atoms with van der Waals surface area (Å²) in [5.74, 6) is -1.01. The third kappa shape index (κ3) is 1.71. The number of carbonyl (C=O) groups excluding carboxylic acids is 3. The molecule has 1 aliphatic rings. The van der Waals surface area contributed by atoms with Crippen LogP contribution in [0.5, 0.6) is 5.75 Å². The summed E-state index contributed by atoms with van der Waals surface area (Å²) in [5.41, 5.74) is 0.357. The number of carbonyl (C=O) groups is 3. The van der Waals surface area contributed by atoms with Crippen LogP contribution in [0.4, 0.5) is 10.5 Å². The number of imide groups is 2. The smallest absolute Gasteiger partial charge is 0.338 e. The van der Waals surface area contributed by atoms with Crippen LogP contribution in [-0.4, -0.2) is 36.4 Å². The minimum absolute atomic E-state index is 0.177. The van der Waals surface area contributed by atoms with Gasteiger partial charge >= 0.3 is 17.8 Å². The van der Waals surface area contributed by atoms with Crippen LogP contribution in [-0.2, 0) is 9.59 Å². The van der Waals surface area contributed by atoms with E-state index >= 15 is 0 Å². The number of nitrogens with zero attached hydrogens (tertiary/aromatic N) is 2. The fraction of sp³-hybridized carbons (Fsp3) is 0.250. The highest BCUT2D eigenvalue weighted by atomic mass is 16.5. The second-order valence-corrected chi connectivity index (χ2v) is 3.67. The molecule has 1 fully saturated rings. The van der Waals surface area contributed by atoms with E-state index in [1.807, 2.05) is 0 Å². The van der Waals surface area contributed by atoms with Gasteiger partial charge in [0.25, 0.3) is 0 Å². The minimum atomic E-state index is -0.827. The van der Waals surface area contributed by atoms with Gasteiger partial charge in [-0.25, -0.2) is 9.69 Å². The van der Waals surface area contributed by atoms with E-state index in [-0.39, 0.29) is 6.54 Å². The Hall–Kier alpha value is -2.37. The van der Waals surface area contributed by atoms with Gasteiger partial charge in [0, 0.05) is 6.54 Å². The van der Waals surface area contributed by atoms with Crippen molar-refractivity contribution in [3.63, 3.8) is 0 Å². The normalized spacial score (nSPS) is 15.6. The molecule has 1 saturated heterocycles. The Morgan fingerprint density at radius 2 is 1.67 bits per heavy atom. The number of likely N-dealkylation sites (N-methyl/N-ethyl adjacent to an activating group) is 1. The number of rotatable bonds is 3. The molecule has 0 spiro atoms. The van der Waals surface area contributed by atoms with E-state index in [2.05, 4.69) is 0 Å². The summed E-state index contributed by atoms with van der Waals surface area (Å²) in [7, 11) is 1.52. The Morgan fingerprint density at radius 1 is 1.06 bits per heavy atom. The van der Waals surface area contributed by atoms with Gasteiger partial charge in [-0.1, -0.05) is 0 Å². The number of urea groups is 1. The molecule has 1 aliphatic heterocycles. The van der Waals surface area contributed by atoms with Gasteiger partial charge in [0.05, 0.1) is 12.8 Å². The number of hydrogen-bond acceptors (Lipinski definition) is 4. The minimum Gasteiger partial charge on any atom is -0.497 e. The molecule has 0 atom stereocenters. The predicted molar refractivity (Wildman–Crippen MR) is 63.3 cm³/mol. The van der Waals surface area contributed by atoms with Crippen LogP contribution >= 0.6 is 0 Å². The Balaban J connectivity index is 2.35. The van der Waals surface area contributed by atoms with Crippen LogP contribution in [0.15, 0.2) is 24.3 Å². The second kappa shape index (κ2) is 4.48. The summed E-state index contributed by atoms with van der Waals surface area (Å²) in [4.78, 5) is 36.9. The lowest BCUT2D eigenvalue weighted by molar-refractivity contribution is -0.139. The Labute approximate surface area is 104 Å². The maximum Gasteiger partial charge on any atom is 0.338 e. The van der Waals surface area contributed by atoms with Crippen molar-refractivity contribution in [3.05, 3.63) is 24.3 Å². The summed E-state index contributed by atoms with van der Waals surface area (Å²) in [5, 5.41) is 0. The molecule has 1 heterocycles. The molecule has 0 saturated carbocycles. The number of amides is 4. The molecule has 1 aromatic carbocycles. The fourth-order valence-electron chi connectivity index (χ4n) is 1.74. The van der Waals surface area contributed by atoms with Gasteiger partial charge in [0.2, 0.25) is 0 Å². The van der Waals surface area contributed by atoms with Crippen LogP contribution in [0.1, 0.15) is 6.92 Å². The van der Waals surface area contributed by atoms with Crippen LogP contribution in [0.3, 0.4) is 0 Å². The zero-order valence-electron chi connectivity index (χ0n) is 10.0. The summed E-state index contributed by atoms with van der Waals surface area (Å²) < 4.78 is 4.98. The second-order valence-electron chi connectivity index (χ2n) is 3.67. The standard InChI is InChI=1S/C12H12N2O4/c1-3-13-10(15)11(16)14(12(13)17)8-4-6-9(18-2)7-5-8/h4-7H,3H2,1-2H3. The van der Waals surface area contributed by atoms with Crippen LogP contribution in [0.25, 0.3) is 0 Å². The molecule has 0 N–H and O–H groups in total. The van der Waals surface area contributed by atoms with Gasteiger partial charge < -0.3 is 4.74 Å². The topological polar surface area (TPSA) is 66.9 Å². The Morgan fingerprint density at radius 3 is 2.11 bits per heavy atom. The van der Waals surface area contributed by atoms with Gasteiger partial charge in [-0.15, -0.1) is 0 Å². The quantitative estimate of drug-likeness (QED) is 0.591. The first-order valence-corrected chi connectivity index (χ1v) is 5.44. The lowest BCUT2D eigenvalue weighted by atomic mass is 10.3. The third-order valence-electron chi connectivity index (χ3n) is 2.70. The molecule has 0 bridgehead atoms. The molecule has 1 aromatic rings. The van der Waals surface area contributed by atoms with Crippen molar-refractivity contribution in [2.45, 2.75) is 6.92 Å². The van der Waals surface area contributed by atoms with Gasteiger partial charge in [0.1, 0.15) is 5.75 Å². The molecule has 0 unspecified atom stereocenters. The number of hydrogen-bond donors (Lipinski definition) is 0. The number of methoxy groups -OCH3 is 1.